The number of Topliss-reactive ketones (excluding diaryl/α,β-unsaturated/α-hetero) is 1. The topological polar surface area (TPSA) is 43.3 Å². The van der Waals surface area contributed by atoms with Crippen molar-refractivity contribution in [2.45, 2.75) is 13.0 Å². The number of carbonyl (C=O) groups is 1. The average Bonchev–Trinajstić information content (AvgIpc) is 2.78. The van der Waals surface area contributed by atoms with E-state index >= 15 is 0 Å². The van der Waals surface area contributed by atoms with Gasteiger partial charge in [0.2, 0.25) is 5.78 Å². The Morgan fingerprint density at radius 3 is 2.80 bits per heavy atom. The number of benzene rings is 2. The van der Waals surface area contributed by atoms with Crippen LogP contribution in [0.15, 0.2) is 48.5 Å². The first-order valence-electron chi connectivity index (χ1n) is 8.47. The number of nitrogens with zero attached hydrogens (tertiary/aromatic N) is 1. The molecule has 0 saturated carbocycles. The van der Waals surface area contributed by atoms with Crippen molar-refractivity contribution in [1.29, 1.82) is 0 Å². The van der Waals surface area contributed by atoms with Crippen LogP contribution >= 0.6 is 22.6 Å². The summed E-state index contributed by atoms with van der Waals surface area (Å²) in [5, 5.41) is 4.45. The molecule has 3 aromatic rings. The van der Waals surface area contributed by atoms with Gasteiger partial charge in [-0.3, -0.25) is 4.79 Å². The highest BCUT2D eigenvalue weighted by atomic mass is 127. The fourth-order valence-electron chi connectivity index (χ4n) is 3.48. The number of hydrogen-bond acceptors (Lipinski definition) is 3. The second-order valence-electron chi connectivity index (χ2n) is 6.13. The number of carbonyl (C=O) groups excluding carboxylic acids is 1. The van der Waals surface area contributed by atoms with Gasteiger partial charge >= 0.3 is 0 Å². The van der Waals surface area contributed by atoms with Crippen molar-refractivity contribution in [1.82, 2.24) is 9.88 Å². The van der Waals surface area contributed by atoms with E-state index in [-0.39, 0.29) is 12.4 Å². The van der Waals surface area contributed by atoms with Gasteiger partial charge in [-0.1, -0.05) is 30.3 Å². The summed E-state index contributed by atoms with van der Waals surface area (Å²) in [6.07, 6.45) is 0.860. The van der Waals surface area contributed by atoms with Crippen molar-refractivity contribution in [3.05, 3.63) is 63.4 Å². The van der Waals surface area contributed by atoms with Gasteiger partial charge in [0.1, 0.15) is 5.75 Å². The van der Waals surface area contributed by atoms with Crippen LogP contribution in [0.4, 0.5) is 0 Å². The van der Waals surface area contributed by atoms with Crippen molar-refractivity contribution in [2.75, 3.05) is 19.7 Å². The fourth-order valence-corrected chi connectivity index (χ4v) is 4.03. The number of ketones is 1. The lowest BCUT2D eigenvalue weighted by atomic mass is 10.1. The number of halogens is 1. The summed E-state index contributed by atoms with van der Waals surface area (Å²) in [4.78, 5) is 13.0. The van der Waals surface area contributed by atoms with Crippen LogP contribution in [-0.4, -0.2) is 30.0 Å². The van der Waals surface area contributed by atoms with Crippen LogP contribution in [0.5, 0.6) is 5.75 Å². The summed E-state index contributed by atoms with van der Waals surface area (Å²) in [6, 6.07) is 15.9. The standard InChI is InChI=1S/C20H19IN2O2/c21-15-6-2-4-8-19(15)25-13-18(24)20-14-5-1-3-7-16(14)23-12-11-22-10-9-17(20)23/h1-8,22H,9-13H2. The minimum atomic E-state index is 0.0477. The van der Waals surface area contributed by atoms with Gasteiger partial charge in [0, 0.05) is 42.7 Å². The third-order valence-corrected chi connectivity index (χ3v) is 5.49. The quantitative estimate of drug-likeness (QED) is 0.492. The molecule has 0 fully saturated rings. The molecule has 0 spiro atoms. The fraction of sp³-hybridized carbons (Fsp3) is 0.250. The smallest absolute Gasteiger partial charge is 0.202 e. The molecular formula is C20H19IN2O2. The molecule has 1 aliphatic rings. The first-order valence-corrected chi connectivity index (χ1v) is 9.55. The molecule has 1 aromatic heterocycles. The van der Waals surface area contributed by atoms with Crippen LogP contribution in [0.1, 0.15) is 16.1 Å². The molecule has 2 heterocycles. The number of para-hydroxylation sites is 2. The van der Waals surface area contributed by atoms with E-state index in [2.05, 4.69) is 38.5 Å². The average molecular weight is 446 g/mol. The molecule has 0 saturated heterocycles. The third-order valence-electron chi connectivity index (χ3n) is 4.60. The lowest BCUT2D eigenvalue weighted by molar-refractivity contribution is 0.0921. The Morgan fingerprint density at radius 1 is 1.12 bits per heavy atom. The monoisotopic (exact) mass is 446 g/mol. The number of ether oxygens (including phenoxy) is 1. The molecule has 0 radical (unpaired) electrons. The van der Waals surface area contributed by atoms with E-state index < -0.39 is 0 Å². The van der Waals surface area contributed by atoms with E-state index in [9.17, 15) is 4.79 Å². The maximum absolute atomic E-state index is 13.0. The Bertz CT molecular complexity index is 933. The van der Waals surface area contributed by atoms with Crippen LogP contribution in [0, 0.1) is 3.57 Å². The van der Waals surface area contributed by atoms with E-state index in [0.717, 1.165) is 57.5 Å². The summed E-state index contributed by atoms with van der Waals surface area (Å²) in [5.74, 6) is 0.805. The summed E-state index contributed by atoms with van der Waals surface area (Å²) < 4.78 is 9.11. The molecule has 4 nitrogen and oxygen atoms in total. The number of rotatable bonds is 4. The minimum Gasteiger partial charge on any atom is -0.484 e. The summed E-state index contributed by atoms with van der Waals surface area (Å²) >= 11 is 2.23. The number of nitrogens with one attached hydrogen (secondary N) is 1. The molecule has 25 heavy (non-hydrogen) atoms. The van der Waals surface area contributed by atoms with Crippen LogP contribution in [0.3, 0.4) is 0 Å². The zero-order valence-electron chi connectivity index (χ0n) is 13.8. The van der Waals surface area contributed by atoms with Crippen LogP contribution in [-0.2, 0) is 13.0 Å². The SMILES string of the molecule is O=C(COc1ccccc1I)c1c2n(c3ccccc13)CCNCC2. The highest BCUT2D eigenvalue weighted by Gasteiger charge is 2.23. The van der Waals surface area contributed by atoms with Crippen LogP contribution in [0.2, 0.25) is 0 Å². The zero-order valence-corrected chi connectivity index (χ0v) is 16.0. The van der Waals surface area contributed by atoms with Crippen molar-refractivity contribution in [3.63, 3.8) is 0 Å². The van der Waals surface area contributed by atoms with Crippen molar-refractivity contribution >= 4 is 39.3 Å². The van der Waals surface area contributed by atoms with E-state index in [4.69, 9.17) is 4.74 Å². The predicted octanol–water partition coefficient (Wildman–Crippen LogP) is 3.65. The van der Waals surface area contributed by atoms with Gasteiger partial charge in [0.25, 0.3) is 0 Å². The molecule has 0 atom stereocenters. The van der Waals surface area contributed by atoms with Crippen molar-refractivity contribution in [2.24, 2.45) is 0 Å². The lowest BCUT2D eigenvalue weighted by Crippen LogP contribution is -2.18. The van der Waals surface area contributed by atoms with E-state index in [0.29, 0.717) is 0 Å². The second kappa shape index (κ2) is 7.17. The maximum Gasteiger partial charge on any atom is 0.202 e. The molecule has 1 N–H and O–H groups in total. The van der Waals surface area contributed by atoms with Gasteiger partial charge in [0.15, 0.2) is 6.61 Å². The lowest BCUT2D eigenvalue weighted by Gasteiger charge is -2.09. The second-order valence-corrected chi connectivity index (χ2v) is 7.29. The van der Waals surface area contributed by atoms with Gasteiger partial charge in [0.05, 0.1) is 9.13 Å². The molecule has 0 amide bonds. The largest absolute Gasteiger partial charge is 0.484 e. The molecule has 0 bridgehead atoms. The predicted molar refractivity (Wildman–Crippen MR) is 107 cm³/mol. The third kappa shape index (κ3) is 3.18. The van der Waals surface area contributed by atoms with Gasteiger partial charge < -0.3 is 14.6 Å². The van der Waals surface area contributed by atoms with Gasteiger partial charge in [-0.25, -0.2) is 0 Å². The molecular weight excluding hydrogens is 427 g/mol. The molecule has 2 aromatic carbocycles. The van der Waals surface area contributed by atoms with Crippen molar-refractivity contribution in [3.8, 4) is 5.75 Å². The summed E-state index contributed by atoms with van der Waals surface area (Å²) in [5.41, 5.74) is 3.09. The Balaban J connectivity index is 1.69. The minimum absolute atomic E-state index is 0.0477. The number of fused-ring (bicyclic) bond motifs is 3. The molecule has 5 heteroatoms. The highest BCUT2D eigenvalue weighted by Crippen LogP contribution is 2.28. The normalized spacial score (nSPS) is 14.1. The highest BCUT2D eigenvalue weighted by molar-refractivity contribution is 14.1. The molecule has 4 rings (SSSR count). The summed E-state index contributed by atoms with van der Waals surface area (Å²) in [6.45, 7) is 2.78. The Hall–Kier alpha value is -1.86. The molecule has 0 aliphatic carbocycles. The number of hydrogen-bond donors (Lipinski definition) is 1. The molecule has 1 aliphatic heterocycles. The number of aromatic nitrogens is 1. The van der Waals surface area contributed by atoms with Crippen LogP contribution in [0.25, 0.3) is 10.9 Å². The first kappa shape index (κ1) is 16.6. The van der Waals surface area contributed by atoms with Crippen molar-refractivity contribution < 1.29 is 9.53 Å². The van der Waals surface area contributed by atoms with Crippen LogP contribution < -0.4 is 10.1 Å². The zero-order chi connectivity index (χ0) is 17.2. The van der Waals surface area contributed by atoms with Gasteiger partial charge in [-0.05, 0) is 40.8 Å². The Morgan fingerprint density at radius 2 is 1.92 bits per heavy atom. The van der Waals surface area contributed by atoms with E-state index in [1.165, 1.54) is 0 Å². The molecule has 128 valence electrons. The van der Waals surface area contributed by atoms with Gasteiger partial charge in [-0.15, -0.1) is 0 Å². The van der Waals surface area contributed by atoms with E-state index in [1.807, 2.05) is 42.5 Å². The van der Waals surface area contributed by atoms with E-state index in [1.54, 1.807) is 0 Å². The molecule has 0 unspecified atom stereocenters. The summed E-state index contributed by atoms with van der Waals surface area (Å²) in [7, 11) is 0. The maximum atomic E-state index is 13.0. The Kier molecular flexibility index (Phi) is 4.76. The first-order chi connectivity index (χ1) is 12.3. The van der Waals surface area contributed by atoms with Gasteiger partial charge in [-0.2, -0.15) is 0 Å². The Labute approximate surface area is 160 Å².